The van der Waals surface area contributed by atoms with Gasteiger partial charge in [0.15, 0.2) is 0 Å². The molecule has 0 rings (SSSR count). The molecule has 0 saturated carbocycles. The Balaban J connectivity index is 3.78. The molecule has 0 amide bonds. The van der Waals surface area contributed by atoms with Crippen LogP contribution in [0.25, 0.3) is 0 Å². The molecule has 9 heteroatoms. The summed E-state index contributed by atoms with van der Waals surface area (Å²) in [5, 5.41) is 9.79. The number of esters is 1. The quantitative estimate of drug-likeness (QED) is 0.0675. The van der Waals surface area contributed by atoms with Crippen LogP contribution in [0.3, 0.4) is 0 Å². The van der Waals surface area contributed by atoms with Gasteiger partial charge in [0.2, 0.25) is 0 Å². The number of ether oxygens (including phenoxy) is 1. The second-order valence-corrected chi connectivity index (χ2v) is 10.9. The van der Waals surface area contributed by atoms with E-state index < -0.39 is 26.5 Å². The Morgan fingerprint density at radius 2 is 1.38 bits per heavy atom. The normalized spacial score (nSPS) is 15.5. The van der Waals surface area contributed by atoms with Gasteiger partial charge in [-0.15, -0.1) is 0 Å². The molecule has 0 aliphatic carbocycles. The first-order chi connectivity index (χ1) is 17.6. The van der Waals surface area contributed by atoms with Crippen molar-refractivity contribution in [1.29, 1.82) is 0 Å². The first-order valence-electron chi connectivity index (χ1n) is 13.0. The number of carbonyl (C=O) groups is 1. The van der Waals surface area contributed by atoms with Crippen LogP contribution in [0.15, 0.2) is 60.8 Å². The Kier molecular flexibility index (Phi) is 21.1. The fourth-order valence-corrected chi connectivity index (χ4v) is 3.42. The van der Waals surface area contributed by atoms with E-state index in [4.69, 9.17) is 9.26 Å². The summed E-state index contributed by atoms with van der Waals surface area (Å²) in [6, 6.07) is 0. The predicted octanol–water partition coefficient (Wildman–Crippen LogP) is 5.02. The Bertz CT molecular complexity index is 782. The van der Waals surface area contributed by atoms with Crippen molar-refractivity contribution in [3.8, 4) is 0 Å². The van der Waals surface area contributed by atoms with Gasteiger partial charge in [-0.05, 0) is 44.9 Å². The summed E-state index contributed by atoms with van der Waals surface area (Å²) in [5.41, 5.74) is 0. The van der Waals surface area contributed by atoms with Crippen LogP contribution in [0.4, 0.5) is 0 Å². The summed E-state index contributed by atoms with van der Waals surface area (Å²) in [5.74, 6) is -0.448. The molecule has 1 N–H and O–H groups in total. The molecule has 0 aromatic carbocycles. The number of aliphatic hydroxyl groups excluding tert-OH is 1. The number of hydrogen-bond acceptors (Lipinski definition) is 7. The van der Waals surface area contributed by atoms with E-state index >= 15 is 0 Å². The number of aliphatic hydroxyl groups is 1. The molecule has 0 bridgehead atoms. The second kappa shape index (κ2) is 22.2. The molecule has 37 heavy (non-hydrogen) atoms. The molecular weight excluding hydrogens is 493 g/mol. The molecule has 0 aliphatic heterocycles. The topological polar surface area (TPSA) is 105 Å². The zero-order chi connectivity index (χ0) is 27.8. The van der Waals surface area contributed by atoms with Gasteiger partial charge in [0, 0.05) is 6.42 Å². The van der Waals surface area contributed by atoms with Gasteiger partial charge in [-0.1, -0.05) is 67.7 Å². The number of likely N-dealkylation sites (N-methyl/N-ethyl adjacent to an activating group) is 1. The Morgan fingerprint density at radius 1 is 0.865 bits per heavy atom. The molecule has 0 saturated heterocycles. The van der Waals surface area contributed by atoms with E-state index in [0.717, 1.165) is 38.5 Å². The maximum Gasteiger partial charge on any atom is 0.305 e. The summed E-state index contributed by atoms with van der Waals surface area (Å²) in [6.07, 6.45) is 26.5. The standard InChI is InChI=1S/C28H48NO7P/c1-5-6-7-8-9-10-11-12-13-14-15-16-17-18-19-20-21-22-28(31)34-25-27(30)26-36-37(32,33)35-24-23-29(2,3)4/h6-7,9-10,12-13,15-16,18-19,27,30H,5,8,11,14,17,20-26H2,1-4H3/b7-6-,10-9-,13-12-,16-15-,19-18-/t27-/m1/s1. The number of rotatable bonds is 22. The molecule has 8 nitrogen and oxygen atoms in total. The van der Waals surface area contributed by atoms with Crippen LogP contribution in [0.2, 0.25) is 0 Å². The maximum atomic E-state index is 11.8. The highest BCUT2D eigenvalue weighted by Crippen LogP contribution is 2.38. The molecule has 212 valence electrons. The van der Waals surface area contributed by atoms with Gasteiger partial charge in [0.1, 0.15) is 25.9 Å². The number of quaternary nitrogens is 1. The third kappa shape index (κ3) is 27.1. The van der Waals surface area contributed by atoms with E-state index in [-0.39, 0.29) is 19.6 Å². The zero-order valence-electron chi connectivity index (χ0n) is 23.1. The summed E-state index contributed by atoms with van der Waals surface area (Å²) < 4.78 is 26.6. The van der Waals surface area contributed by atoms with Gasteiger partial charge in [0.25, 0.3) is 7.82 Å². The van der Waals surface area contributed by atoms with Crippen LogP contribution in [0.5, 0.6) is 0 Å². The summed E-state index contributed by atoms with van der Waals surface area (Å²) in [6.45, 7) is 1.73. The first-order valence-corrected chi connectivity index (χ1v) is 14.5. The number of allylic oxidation sites excluding steroid dienone is 10. The monoisotopic (exact) mass is 541 g/mol. The highest BCUT2D eigenvalue weighted by molar-refractivity contribution is 7.45. The van der Waals surface area contributed by atoms with Crippen molar-refractivity contribution in [3.63, 3.8) is 0 Å². The molecule has 0 aliphatic rings. The number of unbranched alkanes of at least 4 members (excludes halogenated alkanes) is 1. The minimum absolute atomic E-state index is 0.0206. The van der Waals surface area contributed by atoms with Crippen LogP contribution < -0.4 is 4.89 Å². The Morgan fingerprint density at radius 3 is 1.89 bits per heavy atom. The second-order valence-electron chi connectivity index (χ2n) is 9.53. The van der Waals surface area contributed by atoms with Crippen molar-refractivity contribution in [3.05, 3.63) is 60.8 Å². The third-order valence-corrected chi connectivity index (χ3v) is 5.75. The van der Waals surface area contributed by atoms with Crippen LogP contribution >= 0.6 is 7.82 Å². The van der Waals surface area contributed by atoms with Crippen LogP contribution in [0.1, 0.15) is 58.3 Å². The van der Waals surface area contributed by atoms with Crippen molar-refractivity contribution >= 4 is 13.8 Å². The maximum absolute atomic E-state index is 11.8. The van der Waals surface area contributed by atoms with Crippen molar-refractivity contribution < 1.29 is 37.6 Å². The van der Waals surface area contributed by atoms with Gasteiger partial charge in [-0.25, -0.2) is 0 Å². The SMILES string of the molecule is CC/C=C\C/C=C\C/C=C\C/C=C\C/C=C\CCCC(=O)OC[C@@H](O)COP(=O)([O-])OCC[N+](C)(C)C. The van der Waals surface area contributed by atoms with E-state index in [1.807, 2.05) is 27.2 Å². The fraction of sp³-hybridized carbons (Fsp3) is 0.607. The third-order valence-electron chi connectivity index (χ3n) is 4.78. The number of nitrogens with zero attached hydrogens (tertiary/aromatic N) is 1. The lowest BCUT2D eigenvalue weighted by Crippen LogP contribution is -2.37. The zero-order valence-corrected chi connectivity index (χ0v) is 24.0. The minimum atomic E-state index is -4.51. The average Bonchev–Trinajstić information content (AvgIpc) is 2.82. The summed E-state index contributed by atoms with van der Waals surface area (Å²) in [7, 11) is 1.20. The summed E-state index contributed by atoms with van der Waals surface area (Å²) in [4.78, 5) is 23.5. The lowest BCUT2D eigenvalue weighted by molar-refractivity contribution is -0.870. The van der Waals surface area contributed by atoms with Gasteiger partial charge in [0.05, 0.1) is 27.7 Å². The molecule has 0 aromatic heterocycles. The molecule has 0 fully saturated rings. The fourth-order valence-electron chi connectivity index (χ4n) is 2.68. The van der Waals surface area contributed by atoms with Crippen LogP contribution in [0, 0.1) is 0 Å². The van der Waals surface area contributed by atoms with Gasteiger partial charge < -0.3 is 28.3 Å². The van der Waals surface area contributed by atoms with Gasteiger partial charge >= 0.3 is 5.97 Å². The summed E-state index contributed by atoms with van der Waals surface area (Å²) >= 11 is 0. The lowest BCUT2D eigenvalue weighted by Gasteiger charge is -2.27. The molecule has 2 atom stereocenters. The minimum Gasteiger partial charge on any atom is -0.756 e. The number of carbonyl (C=O) groups excluding carboxylic acids is 1. The van der Waals surface area contributed by atoms with E-state index in [9.17, 15) is 19.4 Å². The number of phosphoric acid groups is 1. The van der Waals surface area contributed by atoms with Crippen molar-refractivity contribution in [1.82, 2.24) is 0 Å². The molecule has 0 radical (unpaired) electrons. The van der Waals surface area contributed by atoms with Crippen LogP contribution in [-0.2, 0) is 23.1 Å². The van der Waals surface area contributed by atoms with Crippen molar-refractivity contribution in [2.24, 2.45) is 0 Å². The van der Waals surface area contributed by atoms with Crippen molar-refractivity contribution in [2.45, 2.75) is 64.4 Å². The van der Waals surface area contributed by atoms with E-state index in [1.165, 1.54) is 0 Å². The van der Waals surface area contributed by atoms with E-state index in [0.29, 0.717) is 17.4 Å². The van der Waals surface area contributed by atoms with Gasteiger partial charge in [-0.3, -0.25) is 9.36 Å². The van der Waals surface area contributed by atoms with Gasteiger partial charge in [-0.2, -0.15) is 0 Å². The smallest absolute Gasteiger partial charge is 0.305 e. The predicted molar refractivity (Wildman–Crippen MR) is 148 cm³/mol. The lowest BCUT2D eigenvalue weighted by atomic mass is 10.2. The van der Waals surface area contributed by atoms with E-state index in [1.54, 1.807) is 0 Å². The largest absolute Gasteiger partial charge is 0.756 e. The van der Waals surface area contributed by atoms with Crippen molar-refractivity contribution in [2.75, 3.05) is 47.5 Å². The molecule has 0 heterocycles. The highest BCUT2D eigenvalue weighted by atomic mass is 31.2. The molecular formula is C28H48NO7P. The number of phosphoric ester groups is 1. The molecule has 1 unspecified atom stereocenters. The molecule has 0 spiro atoms. The first kappa shape index (κ1) is 35.2. The number of hydrogen-bond donors (Lipinski definition) is 1. The van der Waals surface area contributed by atoms with Crippen LogP contribution in [-0.4, -0.2) is 69.2 Å². The van der Waals surface area contributed by atoms with E-state index in [2.05, 4.69) is 66.1 Å². The Hall–Kier alpha value is -1.80. The average molecular weight is 542 g/mol. The molecule has 0 aromatic rings. The highest BCUT2D eigenvalue weighted by Gasteiger charge is 2.16. The Labute approximate surface area is 224 Å².